The summed E-state index contributed by atoms with van der Waals surface area (Å²) < 4.78 is 10.7. The van der Waals surface area contributed by atoms with Crippen molar-refractivity contribution in [2.75, 3.05) is 39.4 Å². The molecule has 0 saturated carbocycles. The number of hydrogen-bond acceptors (Lipinski definition) is 8. The minimum absolute atomic E-state index is 0.0701. The van der Waals surface area contributed by atoms with Gasteiger partial charge in [0.15, 0.2) is 12.2 Å². The van der Waals surface area contributed by atoms with Crippen molar-refractivity contribution in [3.8, 4) is 5.75 Å². The summed E-state index contributed by atoms with van der Waals surface area (Å²) in [7, 11) is 0. The molecule has 2 saturated heterocycles. The second-order valence-electron chi connectivity index (χ2n) is 10.3. The van der Waals surface area contributed by atoms with E-state index in [-0.39, 0.29) is 24.5 Å². The van der Waals surface area contributed by atoms with E-state index in [0.29, 0.717) is 31.9 Å². The van der Waals surface area contributed by atoms with E-state index in [0.717, 1.165) is 24.2 Å². The number of aromatic hydroxyl groups is 1. The van der Waals surface area contributed by atoms with Crippen molar-refractivity contribution in [2.24, 2.45) is 5.73 Å². The van der Waals surface area contributed by atoms with Gasteiger partial charge in [-0.05, 0) is 30.2 Å². The molecule has 2 heterocycles. The number of amides is 4. The summed E-state index contributed by atoms with van der Waals surface area (Å²) in [6.45, 7) is 5.96. The number of carbonyl (C=O) groups is 4. The van der Waals surface area contributed by atoms with Crippen molar-refractivity contribution in [1.82, 2.24) is 20.9 Å². The lowest BCUT2D eigenvalue weighted by molar-refractivity contribution is -0.131. The van der Waals surface area contributed by atoms with Crippen molar-refractivity contribution < 1.29 is 33.8 Å². The average Bonchev–Trinajstić information content (AvgIpc) is 3.76. The first-order chi connectivity index (χ1) is 19.7. The molecule has 6 N–H and O–H groups in total. The van der Waals surface area contributed by atoms with Crippen LogP contribution in [0.15, 0.2) is 48.5 Å². The smallest absolute Gasteiger partial charge is 0.253 e. The topological polar surface area (TPSA) is 176 Å². The highest BCUT2D eigenvalue weighted by Crippen LogP contribution is 2.23. The number of ether oxygens (including phenoxy) is 2. The summed E-state index contributed by atoms with van der Waals surface area (Å²) in [5.74, 6) is -2.26. The molecule has 2 fully saturated rings. The third kappa shape index (κ3) is 9.00. The van der Waals surface area contributed by atoms with Crippen LogP contribution in [0.3, 0.4) is 0 Å². The third-order valence-corrected chi connectivity index (χ3v) is 7.07. The first-order valence-corrected chi connectivity index (χ1v) is 13.7. The Kier molecular flexibility index (Phi) is 10.3. The SMILES string of the molecule is Cc1ccc(C[C@H](NC(=O)C2OC2C(=O)NCCN2CCOCC2)C(=O)N[C@@H](Cc2ccc(O)cc2)C(N)=O)cc1. The zero-order valence-corrected chi connectivity index (χ0v) is 23.0. The quantitative estimate of drug-likeness (QED) is 0.195. The van der Waals surface area contributed by atoms with E-state index in [9.17, 15) is 24.3 Å². The second kappa shape index (κ2) is 14.1. The summed E-state index contributed by atoms with van der Waals surface area (Å²) in [5, 5.41) is 17.6. The molecule has 0 aliphatic carbocycles. The van der Waals surface area contributed by atoms with Gasteiger partial charge >= 0.3 is 0 Å². The highest BCUT2D eigenvalue weighted by molar-refractivity contribution is 5.97. The molecule has 0 bridgehead atoms. The van der Waals surface area contributed by atoms with E-state index in [2.05, 4.69) is 20.9 Å². The molecule has 0 spiro atoms. The molecule has 2 unspecified atom stereocenters. The van der Waals surface area contributed by atoms with Gasteiger partial charge in [0.1, 0.15) is 17.8 Å². The minimum Gasteiger partial charge on any atom is -0.508 e. The van der Waals surface area contributed by atoms with Gasteiger partial charge in [-0.15, -0.1) is 0 Å². The monoisotopic (exact) mass is 567 g/mol. The molecule has 12 heteroatoms. The number of rotatable bonds is 13. The van der Waals surface area contributed by atoms with Gasteiger partial charge in [-0.3, -0.25) is 24.1 Å². The van der Waals surface area contributed by atoms with Crippen LogP contribution in [-0.2, 0) is 41.5 Å². The highest BCUT2D eigenvalue weighted by atomic mass is 16.6. The summed E-state index contributed by atoms with van der Waals surface area (Å²) in [6, 6.07) is 11.6. The van der Waals surface area contributed by atoms with Gasteiger partial charge in [-0.1, -0.05) is 42.0 Å². The summed E-state index contributed by atoms with van der Waals surface area (Å²) in [4.78, 5) is 53.2. The van der Waals surface area contributed by atoms with Crippen LogP contribution < -0.4 is 21.7 Å². The van der Waals surface area contributed by atoms with E-state index in [4.69, 9.17) is 15.2 Å². The standard InChI is InChI=1S/C29H37N5O7/c1-18-2-4-19(5-3-18)17-23(27(37)32-22(26(30)36)16-20-6-8-21(35)9-7-20)33-29(39)25-24(41-25)28(38)31-10-11-34-12-14-40-15-13-34/h2-9,22-25,35H,10-17H2,1H3,(H2,30,36)(H,31,38)(H,32,37)(H,33,39)/t22-,23-,24?,25?/m0/s1. The van der Waals surface area contributed by atoms with Crippen molar-refractivity contribution in [3.63, 3.8) is 0 Å². The molecule has 2 aliphatic heterocycles. The molecule has 0 aromatic heterocycles. The fourth-order valence-electron chi connectivity index (χ4n) is 4.56. The van der Waals surface area contributed by atoms with E-state index in [1.807, 2.05) is 31.2 Å². The maximum absolute atomic E-state index is 13.4. The molecular weight excluding hydrogens is 530 g/mol. The van der Waals surface area contributed by atoms with Gasteiger partial charge in [0.05, 0.1) is 13.2 Å². The molecular formula is C29H37N5O7. The average molecular weight is 568 g/mol. The number of carbonyl (C=O) groups excluding carboxylic acids is 4. The summed E-state index contributed by atoms with van der Waals surface area (Å²) >= 11 is 0. The number of phenolic OH excluding ortho intramolecular Hbond substituents is 1. The number of morpholine rings is 1. The molecule has 4 rings (SSSR count). The van der Waals surface area contributed by atoms with Crippen molar-refractivity contribution in [3.05, 3.63) is 65.2 Å². The Hall–Kier alpha value is -4.00. The first kappa shape index (κ1) is 30.0. The summed E-state index contributed by atoms with van der Waals surface area (Å²) in [5.41, 5.74) is 8.08. The predicted octanol–water partition coefficient (Wildman–Crippen LogP) is -0.843. The number of primary amides is 1. The van der Waals surface area contributed by atoms with Crippen LogP contribution in [0.4, 0.5) is 0 Å². The Balaban J connectivity index is 1.35. The van der Waals surface area contributed by atoms with Crippen molar-refractivity contribution in [1.29, 1.82) is 0 Å². The Bertz CT molecular complexity index is 1220. The number of nitrogens with zero attached hydrogens (tertiary/aromatic N) is 1. The number of hydrogen-bond donors (Lipinski definition) is 5. The molecule has 4 amide bonds. The normalized spacial score (nSPS) is 19.9. The number of benzene rings is 2. The lowest BCUT2D eigenvalue weighted by Crippen LogP contribution is -2.55. The maximum atomic E-state index is 13.4. The van der Waals surface area contributed by atoms with Gasteiger partial charge in [0.2, 0.25) is 11.8 Å². The Labute approximate surface area is 238 Å². The van der Waals surface area contributed by atoms with Crippen LogP contribution in [0.1, 0.15) is 16.7 Å². The number of phenols is 1. The van der Waals surface area contributed by atoms with Crippen LogP contribution >= 0.6 is 0 Å². The number of aryl methyl sites for hydroxylation is 1. The Morgan fingerprint density at radius 2 is 1.49 bits per heavy atom. The Morgan fingerprint density at radius 3 is 2.12 bits per heavy atom. The molecule has 2 aromatic rings. The summed E-state index contributed by atoms with van der Waals surface area (Å²) in [6.07, 6.45) is -1.71. The van der Waals surface area contributed by atoms with Gasteiger partial charge in [-0.2, -0.15) is 0 Å². The van der Waals surface area contributed by atoms with Crippen LogP contribution in [0.2, 0.25) is 0 Å². The third-order valence-electron chi connectivity index (χ3n) is 7.07. The molecule has 4 atom stereocenters. The number of nitrogens with one attached hydrogen (secondary N) is 3. The fraction of sp³-hybridized carbons (Fsp3) is 0.448. The van der Waals surface area contributed by atoms with E-state index < -0.39 is 42.0 Å². The molecule has 41 heavy (non-hydrogen) atoms. The zero-order valence-electron chi connectivity index (χ0n) is 23.0. The van der Waals surface area contributed by atoms with Gasteiger partial charge in [-0.25, -0.2) is 0 Å². The van der Waals surface area contributed by atoms with Crippen molar-refractivity contribution >= 4 is 23.6 Å². The number of epoxide rings is 1. The predicted molar refractivity (Wildman–Crippen MR) is 149 cm³/mol. The molecule has 12 nitrogen and oxygen atoms in total. The molecule has 0 radical (unpaired) electrons. The largest absolute Gasteiger partial charge is 0.508 e. The minimum atomic E-state index is -1.05. The molecule has 220 valence electrons. The van der Waals surface area contributed by atoms with E-state index in [1.165, 1.54) is 12.1 Å². The van der Waals surface area contributed by atoms with Gasteiger partial charge in [0.25, 0.3) is 11.8 Å². The zero-order chi connectivity index (χ0) is 29.4. The Morgan fingerprint density at radius 1 is 0.902 bits per heavy atom. The molecule has 2 aromatic carbocycles. The first-order valence-electron chi connectivity index (χ1n) is 13.7. The molecule has 2 aliphatic rings. The van der Waals surface area contributed by atoms with Crippen LogP contribution in [0.5, 0.6) is 5.75 Å². The maximum Gasteiger partial charge on any atom is 0.253 e. The number of nitrogens with two attached hydrogens (primary N) is 1. The van der Waals surface area contributed by atoms with Crippen LogP contribution in [-0.4, -0.2) is 97.3 Å². The second-order valence-corrected chi connectivity index (χ2v) is 10.3. The van der Waals surface area contributed by atoms with E-state index in [1.54, 1.807) is 12.1 Å². The van der Waals surface area contributed by atoms with Crippen molar-refractivity contribution in [2.45, 2.75) is 44.1 Å². The van der Waals surface area contributed by atoms with Gasteiger partial charge < -0.3 is 36.3 Å². The lowest BCUT2D eigenvalue weighted by atomic mass is 10.0. The van der Waals surface area contributed by atoms with Crippen LogP contribution in [0.25, 0.3) is 0 Å². The van der Waals surface area contributed by atoms with E-state index >= 15 is 0 Å². The highest BCUT2D eigenvalue weighted by Gasteiger charge is 2.51. The fourth-order valence-corrected chi connectivity index (χ4v) is 4.56. The lowest BCUT2D eigenvalue weighted by Gasteiger charge is -2.26. The van der Waals surface area contributed by atoms with Gasteiger partial charge in [0, 0.05) is 39.0 Å². The van der Waals surface area contributed by atoms with Crippen LogP contribution in [0, 0.1) is 6.92 Å².